The van der Waals surface area contributed by atoms with Crippen LogP contribution in [-0.4, -0.2) is 8.80 Å². The summed E-state index contributed by atoms with van der Waals surface area (Å²) < 4.78 is 0. The zero-order valence-electron chi connectivity index (χ0n) is 10.2. The molecular weight excluding hydrogens is 227 g/mol. The van der Waals surface area contributed by atoms with Crippen LogP contribution in [0.2, 0.25) is 6.04 Å². The van der Waals surface area contributed by atoms with Crippen LogP contribution < -0.4 is 10.4 Å². The first-order valence-corrected chi connectivity index (χ1v) is 7.99. The molecule has 0 unspecified atom stereocenters. The molecule has 2 aromatic rings. The molecule has 0 amide bonds. The molecule has 0 aliphatic rings. The molecule has 2 rings (SSSR count). The van der Waals surface area contributed by atoms with Crippen LogP contribution in [0.3, 0.4) is 0 Å². The Bertz CT molecular complexity index is 374. The Labute approximate surface area is 104 Å². The molecule has 0 bridgehead atoms. The second-order valence-corrected chi connectivity index (χ2v) is 7.18. The van der Waals surface area contributed by atoms with Crippen LogP contribution in [-0.2, 0) is 0 Å². The summed E-state index contributed by atoms with van der Waals surface area (Å²) >= 11 is 0. The maximum absolute atomic E-state index is 2.29. The van der Waals surface area contributed by atoms with Crippen molar-refractivity contribution in [2.75, 3.05) is 0 Å². The van der Waals surface area contributed by atoms with Crippen molar-refractivity contribution in [3.8, 4) is 0 Å². The van der Waals surface area contributed by atoms with Crippen molar-refractivity contribution < 1.29 is 4.70 Å². The molecule has 0 spiro atoms. The van der Waals surface area contributed by atoms with Gasteiger partial charge in [-0.3, -0.25) is 4.70 Å². The predicted molar refractivity (Wildman–Crippen MR) is 76.9 cm³/mol. The summed E-state index contributed by atoms with van der Waals surface area (Å²) in [5, 5.41) is 3.13. The van der Waals surface area contributed by atoms with E-state index >= 15 is 0 Å². The maximum Gasteiger partial charge on any atom is 0.103 e. The SMILES string of the molecule is CCC[SiH](c1ccccc1)c1ccccc1.F. The molecular formula is C15H19FSi. The molecule has 0 fully saturated rings. The minimum atomic E-state index is -0.950. The van der Waals surface area contributed by atoms with Gasteiger partial charge >= 0.3 is 0 Å². The third-order valence-corrected chi connectivity index (χ3v) is 6.52. The van der Waals surface area contributed by atoms with Crippen LogP contribution in [0.4, 0.5) is 4.70 Å². The fourth-order valence-corrected chi connectivity index (χ4v) is 5.19. The largest absolute Gasteiger partial charge is 0.269 e. The number of hydrogen-bond acceptors (Lipinski definition) is 0. The molecule has 0 radical (unpaired) electrons. The molecule has 0 nitrogen and oxygen atoms in total. The molecule has 0 saturated carbocycles. The van der Waals surface area contributed by atoms with Crippen LogP contribution in [0, 0.1) is 0 Å². The molecule has 0 aromatic heterocycles. The van der Waals surface area contributed by atoms with Crippen molar-refractivity contribution in [1.29, 1.82) is 0 Å². The van der Waals surface area contributed by atoms with Crippen molar-refractivity contribution in [2.24, 2.45) is 0 Å². The van der Waals surface area contributed by atoms with Crippen molar-refractivity contribution in [1.82, 2.24) is 0 Å². The summed E-state index contributed by atoms with van der Waals surface area (Å²) in [6, 6.07) is 23.4. The van der Waals surface area contributed by atoms with Gasteiger partial charge in [-0.05, 0) is 0 Å². The molecule has 2 heteroatoms. The van der Waals surface area contributed by atoms with Gasteiger partial charge in [0.2, 0.25) is 0 Å². The lowest BCUT2D eigenvalue weighted by molar-refractivity contribution is 1.07. The predicted octanol–water partition coefficient (Wildman–Crippen LogP) is 2.59. The third kappa shape index (κ3) is 3.53. The second-order valence-electron chi connectivity index (χ2n) is 4.16. The Morgan fingerprint density at radius 2 is 1.18 bits per heavy atom. The topological polar surface area (TPSA) is 0 Å². The van der Waals surface area contributed by atoms with Gasteiger partial charge in [0.05, 0.1) is 0 Å². The lowest BCUT2D eigenvalue weighted by Gasteiger charge is -2.15. The van der Waals surface area contributed by atoms with Gasteiger partial charge in [0.25, 0.3) is 0 Å². The molecule has 90 valence electrons. The highest BCUT2D eigenvalue weighted by Gasteiger charge is 2.13. The zero-order chi connectivity index (χ0) is 11.2. The van der Waals surface area contributed by atoms with Crippen molar-refractivity contribution in [3.63, 3.8) is 0 Å². The Balaban J connectivity index is 0.00000144. The standard InChI is InChI=1S/C15H18Si.FH/c1-2-13-16(14-9-5-3-6-10-14)15-11-7-4-8-12-15;/h3-12,16H,2,13H2,1H3;1H. The summed E-state index contributed by atoms with van der Waals surface area (Å²) in [7, 11) is -0.950. The number of halogens is 1. The van der Waals surface area contributed by atoms with Gasteiger partial charge in [0, 0.05) is 0 Å². The lowest BCUT2D eigenvalue weighted by atomic mass is 10.4. The van der Waals surface area contributed by atoms with Gasteiger partial charge in [-0.15, -0.1) is 0 Å². The molecule has 0 aliphatic heterocycles. The minimum absolute atomic E-state index is 0. The normalized spacial score (nSPS) is 10.0. The lowest BCUT2D eigenvalue weighted by Crippen LogP contribution is -2.41. The van der Waals surface area contributed by atoms with E-state index in [-0.39, 0.29) is 4.70 Å². The molecule has 0 atom stereocenters. The average molecular weight is 246 g/mol. The molecule has 17 heavy (non-hydrogen) atoms. The fourth-order valence-electron chi connectivity index (χ4n) is 2.19. The van der Waals surface area contributed by atoms with E-state index < -0.39 is 8.80 Å². The summed E-state index contributed by atoms with van der Waals surface area (Å²) in [6.07, 6.45) is 1.28. The third-order valence-electron chi connectivity index (χ3n) is 2.98. The van der Waals surface area contributed by atoms with Crippen LogP contribution in [0.25, 0.3) is 0 Å². The van der Waals surface area contributed by atoms with Gasteiger partial charge in [-0.25, -0.2) is 0 Å². The van der Waals surface area contributed by atoms with Crippen molar-refractivity contribution in [2.45, 2.75) is 19.4 Å². The van der Waals surface area contributed by atoms with E-state index in [0.717, 1.165) is 0 Å². The Morgan fingerprint density at radius 1 is 0.765 bits per heavy atom. The van der Waals surface area contributed by atoms with Crippen molar-refractivity contribution in [3.05, 3.63) is 60.7 Å². The Kier molecular flexibility index (Phi) is 5.64. The van der Waals surface area contributed by atoms with Crippen molar-refractivity contribution >= 4 is 19.2 Å². The van der Waals surface area contributed by atoms with Gasteiger partial charge in [-0.1, -0.05) is 90.4 Å². The minimum Gasteiger partial charge on any atom is -0.269 e. The van der Waals surface area contributed by atoms with Gasteiger partial charge in [-0.2, -0.15) is 0 Å². The Hall–Kier alpha value is -1.41. The first-order chi connectivity index (χ1) is 7.92. The molecule has 0 heterocycles. The number of rotatable bonds is 4. The summed E-state index contributed by atoms with van der Waals surface area (Å²) in [4.78, 5) is 0. The van der Waals surface area contributed by atoms with E-state index in [1.165, 1.54) is 12.5 Å². The van der Waals surface area contributed by atoms with E-state index in [1.54, 1.807) is 10.4 Å². The zero-order valence-corrected chi connectivity index (χ0v) is 11.3. The van der Waals surface area contributed by atoms with Gasteiger partial charge < -0.3 is 0 Å². The smallest absolute Gasteiger partial charge is 0.103 e. The van der Waals surface area contributed by atoms with Crippen LogP contribution in [0.5, 0.6) is 0 Å². The number of benzene rings is 2. The van der Waals surface area contributed by atoms with E-state index in [2.05, 4.69) is 67.6 Å². The molecule has 0 N–H and O–H groups in total. The molecule has 2 aromatic carbocycles. The fraction of sp³-hybridized carbons (Fsp3) is 0.200. The van der Waals surface area contributed by atoms with Gasteiger partial charge in [0.1, 0.15) is 8.80 Å². The van der Waals surface area contributed by atoms with E-state index in [1.807, 2.05) is 0 Å². The summed E-state index contributed by atoms with van der Waals surface area (Å²) in [6.45, 7) is 2.28. The quantitative estimate of drug-likeness (QED) is 0.728. The van der Waals surface area contributed by atoms with Crippen LogP contribution in [0.1, 0.15) is 13.3 Å². The number of hydrogen-bond donors (Lipinski definition) is 0. The van der Waals surface area contributed by atoms with E-state index in [4.69, 9.17) is 0 Å². The van der Waals surface area contributed by atoms with Gasteiger partial charge in [0.15, 0.2) is 0 Å². The van der Waals surface area contributed by atoms with E-state index in [9.17, 15) is 0 Å². The Morgan fingerprint density at radius 3 is 1.53 bits per heavy atom. The first-order valence-electron chi connectivity index (χ1n) is 6.01. The van der Waals surface area contributed by atoms with Crippen LogP contribution >= 0.6 is 0 Å². The average Bonchev–Trinajstić information content (AvgIpc) is 2.38. The van der Waals surface area contributed by atoms with E-state index in [0.29, 0.717) is 0 Å². The summed E-state index contributed by atoms with van der Waals surface area (Å²) in [5.41, 5.74) is 0. The van der Waals surface area contributed by atoms with Crippen LogP contribution in [0.15, 0.2) is 60.7 Å². The monoisotopic (exact) mass is 246 g/mol. The highest BCUT2D eigenvalue weighted by molar-refractivity contribution is 6.85. The molecule has 0 saturated heterocycles. The highest BCUT2D eigenvalue weighted by atomic mass is 28.3. The maximum atomic E-state index is 2.29. The second kappa shape index (κ2) is 7.02. The molecule has 0 aliphatic carbocycles. The summed E-state index contributed by atoms with van der Waals surface area (Å²) in [5.74, 6) is 0. The highest BCUT2D eigenvalue weighted by Crippen LogP contribution is 2.00. The first kappa shape index (κ1) is 13.7.